The minimum absolute atomic E-state index is 0.00309. The van der Waals surface area contributed by atoms with Crippen molar-refractivity contribution < 1.29 is 26.7 Å². The molecule has 0 bridgehead atoms. The molecule has 0 spiro atoms. The van der Waals surface area contributed by atoms with Crippen LogP contribution in [-0.2, 0) is 19.0 Å². The third-order valence-electron chi connectivity index (χ3n) is 5.30. The second-order valence-corrected chi connectivity index (χ2v) is 7.32. The zero-order chi connectivity index (χ0) is 22.6. The predicted molar refractivity (Wildman–Crippen MR) is 105 cm³/mol. The standard InChI is InChI=1S/C22H13F5N4O/c23-12-6-8-16(15(24)9-12)28-21(32)17-10-18-29-19-13-4-2-1-3-11(13)5-7-14(19)20(22(25,26)27)31(18)30-17/h1-4,6,8-10H,5,7H2,(H,28,32). The predicted octanol–water partition coefficient (Wildman–Crippen LogP) is 5.04. The van der Waals surface area contributed by atoms with Crippen molar-refractivity contribution in [3.8, 4) is 11.3 Å². The molecule has 10 heteroatoms. The Balaban J connectivity index is 1.65. The highest BCUT2D eigenvalue weighted by Gasteiger charge is 2.40. The molecule has 0 unspecified atom stereocenters. The lowest BCUT2D eigenvalue weighted by molar-refractivity contribution is -0.143. The van der Waals surface area contributed by atoms with E-state index in [-0.39, 0.29) is 34.7 Å². The summed E-state index contributed by atoms with van der Waals surface area (Å²) in [7, 11) is 0. The van der Waals surface area contributed by atoms with Gasteiger partial charge in [0.05, 0.1) is 11.4 Å². The van der Waals surface area contributed by atoms with E-state index < -0.39 is 29.4 Å². The van der Waals surface area contributed by atoms with E-state index in [1.165, 1.54) is 0 Å². The Morgan fingerprint density at radius 1 is 1.03 bits per heavy atom. The van der Waals surface area contributed by atoms with E-state index in [1.54, 1.807) is 12.1 Å². The molecule has 0 radical (unpaired) electrons. The maximum absolute atomic E-state index is 14.1. The number of alkyl halides is 3. The minimum Gasteiger partial charge on any atom is -0.318 e. The summed E-state index contributed by atoms with van der Waals surface area (Å²) in [6, 6.07) is 10.7. The largest absolute Gasteiger partial charge is 0.433 e. The van der Waals surface area contributed by atoms with Gasteiger partial charge in [-0.3, -0.25) is 4.79 Å². The van der Waals surface area contributed by atoms with Crippen molar-refractivity contribution in [1.82, 2.24) is 14.6 Å². The average molecular weight is 444 g/mol. The highest BCUT2D eigenvalue weighted by molar-refractivity contribution is 6.03. The summed E-state index contributed by atoms with van der Waals surface area (Å²) >= 11 is 0. The minimum atomic E-state index is -4.75. The first-order valence-electron chi connectivity index (χ1n) is 9.57. The summed E-state index contributed by atoms with van der Waals surface area (Å²) in [5, 5.41) is 6.00. The zero-order valence-electron chi connectivity index (χ0n) is 16.2. The molecule has 0 atom stereocenters. The number of fused-ring (bicyclic) bond motifs is 4. The molecule has 5 nitrogen and oxygen atoms in total. The number of hydrogen-bond donors (Lipinski definition) is 1. The van der Waals surface area contributed by atoms with E-state index in [9.17, 15) is 26.7 Å². The number of carbonyl (C=O) groups is 1. The van der Waals surface area contributed by atoms with E-state index in [1.807, 2.05) is 12.1 Å². The van der Waals surface area contributed by atoms with Crippen LogP contribution in [0.2, 0.25) is 0 Å². The van der Waals surface area contributed by atoms with Gasteiger partial charge in [-0.1, -0.05) is 24.3 Å². The van der Waals surface area contributed by atoms with Crippen LogP contribution in [0.4, 0.5) is 27.6 Å². The molecular weight excluding hydrogens is 431 g/mol. The van der Waals surface area contributed by atoms with Crippen LogP contribution in [0.3, 0.4) is 0 Å². The zero-order valence-corrected chi connectivity index (χ0v) is 16.2. The van der Waals surface area contributed by atoms with Gasteiger partial charge in [-0.15, -0.1) is 0 Å². The highest BCUT2D eigenvalue weighted by Crippen LogP contribution is 2.40. The molecule has 4 aromatic rings. The Morgan fingerprint density at radius 3 is 2.56 bits per heavy atom. The fourth-order valence-electron chi connectivity index (χ4n) is 3.91. The van der Waals surface area contributed by atoms with Crippen LogP contribution in [0.1, 0.15) is 27.3 Å². The lowest BCUT2D eigenvalue weighted by Gasteiger charge is -2.23. The molecule has 1 aliphatic rings. The maximum Gasteiger partial charge on any atom is 0.433 e. The first-order chi connectivity index (χ1) is 15.2. The van der Waals surface area contributed by atoms with E-state index in [2.05, 4.69) is 15.4 Å². The van der Waals surface area contributed by atoms with Crippen LogP contribution in [0.25, 0.3) is 16.9 Å². The molecule has 1 aliphatic carbocycles. The van der Waals surface area contributed by atoms with Crippen LogP contribution in [0, 0.1) is 11.6 Å². The van der Waals surface area contributed by atoms with Crippen LogP contribution in [0.5, 0.6) is 0 Å². The third-order valence-corrected chi connectivity index (χ3v) is 5.30. The number of nitrogens with one attached hydrogen (secondary N) is 1. The van der Waals surface area contributed by atoms with Gasteiger partial charge in [-0.25, -0.2) is 18.3 Å². The van der Waals surface area contributed by atoms with E-state index >= 15 is 0 Å². The van der Waals surface area contributed by atoms with Gasteiger partial charge in [0, 0.05) is 23.3 Å². The van der Waals surface area contributed by atoms with Gasteiger partial charge in [0.25, 0.3) is 5.91 Å². The van der Waals surface area contributed by atoms with Crippen molar-refractivity contribution in [3.05, 3.63) is 82.7 Å². The molecule has 2 heterocycles. The van der Waals surface area contributed by atoms with Crippen LogP contribution >= 0.6 is 0 Å². The lowest BCUT2D eigenvalue weighted by Crippen LogP contribution is -2.21. The smallest absolute Gasteiger partial charge is 0.318 e. The molecule has 162 valence electrons. The van der Waals surface area contributed by atoms with E-state index in [0.717, 1.165) is 23.8 Å². The molecule has 0 saturated carbocycles. The maximum atomic E-state index is 14.1. The second-order valence-electron chi connectivity index (χ2n) is 7.32. The Kier molecular flexibility index (Phi) is 4.47. The Labute approximate surface area is 177 Å². The van der Waals surface area contributed by atoms with Crippen molar-refractivity contribution >= 4 is 17.2 Å². The number of aromatic nitrogens is 3. The SMILES string of the molecule is O=C(Nc1ccc(F)cc1F)c1cc2nc3c(c(C(F)(F)F)n2n1)CCc1ccccc1-3. The van der Waals surface area contributed by atoms with Crippen molar-refractivity contribution in [2.75, 3.05) is 5.32 Å². The van der Waals surface area contributed by atoms with Gasteiger partial charge in [-0.05, 0) is 30.5 Å². The van der Waals surface area contributed by atoms with E-state index in [4.69, 9.17) is 0 Å². The summed E-state index contributed by atoms with van der Waals surface area (Å²) < 4.78 is 69.7. The normalized spacial score (nSPS) is 13.0. The topological polar surface area (TPSA) is 59.3 Å². The number of carbonyl (C=O) groups excluding carboxylic acids is 1. The molecule has 2 aromatic carbocycles. The molecule has 0 fully saturated rings. The Bertz CT molecular complexity index is 1390. The lowest BCUT2D eigenvalue weighted by atomic mass is 9.88. The van der Waals surface area contributed by atoms with Crippen molar-refractivity contribution in [2.24, 2.45) is 0 Å². The molecule has 32 heavy (non-hydrogen) atoms. The number of benzene rings is 2. The number of nitrogens with zero attached hydrogens (tertiary/aromatic N) is 3. The summed E-state index contributed by atoms with van der Waals surface area (Å²) in [6.45, 7) is 0. The summed E-state index contributed by atoms with van der Waals surface area (Å²) in [4.78, 5) is 16.9. The number of halogens is 5. The van der Waals surface area contributed by atoms with Crippen LogP contribution < -0.4 is 5.32 Å². The van der Waals surface area contributed by atoms with E-state index in [0.29, 0.717) is 22.6 Å². The number of amides is 1. The first kappa shape index (κ1) is 20.1. The van der Waals surface area contributed by atoms with Crippen LogP contribution in [-0.4, -0.2) is 20.5 Å². The Morgan fingerprint density at radius 2 is 1.81 bits per heavy atom. The fraction of sp³-hybridized carbons (Fsp3) is 0.136. The van der Waals surface area contributed by atoms with Gasteiger partial charge in [0.15, 0.2) is 17.0 Å². The van der Waals surface area contributed by atoms with Gasteiger partial charge in [-0.2, -0.15) is 18.3 Å². The van der Waals surface area contributed by atoms with Gasteiger partial charge < -0.3 is 5.32 Å². The number of rotatable bonds is 2. The quantitative estimate of drug-likeness (QED) is 0.441. The van der Waals surface area contributed by atoms with Crippen LogP contribution in [0.15, 0.2) is 48.5 Å². The number of anilines is 1. The summed E-state index contributed by atoms with van der Waals surface area (Å²) in [5.74, 6) is -2.81. The van der Waals surface area contributed by atoms with Gasteiger partial charge in [0.2, 0.25) is 0 Å². The summed E-state index contributed by atoms with van der Waals surface area (Å²) in [6.07, 6.45) is -4.22. The molecular formula is C22H13F5N4O. The number of hydrogen-bond acceptors (Lipinski definition) is 3. The Hall–Kier alpha value is -3.82. The average Bonchev–Trinajstić information content (AvgIpc) is 3.16. The molecule has 2 aromatic heterocycles. The first-order valence-corrected chi connectivity index (χ1v) is 9.57. The van der Waals surface area contributed by atoms with Crippen molar-refractivity contribution in [3.63, 3.8) is 0 Å². The van der Waals surface area contributed by atoms with Crippen molar-refractivity contribution in [2.45, 2.75) is 19.0 Å². The third kappa shape index (κ3) is 3.28. The van der Waals surface area contributed by atoms with Gasteiger partial charge >= 0.3 is 6.18 Å². The monoisotopic (exact) mass is 444 g/mol. The molecule has 1 amide bonds. The highest BCUT2D eigenvalue weighted by atomic mass is 19.4. The summed E-state index contributed by atoms with van der Waals surface area (Å²) in [5.41, 5.74) is -0.201. The molecule has 1 N–H and O–H groups in total. The molecule has 5 rings (SSSR count). The fourth-order valence-corrected chi connectivity index (χ4v) is 3.91. The molecule has 0 saturated heterocycles. The van der Waals surface area contributed by atoms with Gasteiger partial charge in [0.1, 0.15) is 11.6 Å². The second kappa shape index (κ2) is 7.11. The van der Waals surface area contributed by atoms with Crippen molar-refractivity contribution in [1.29, 1.82) is 0 Å². The number of aryl methyl sites for hydroxylation is 1. The molecule has 0 aliphatic heterocycles.